The molecule has 0 aromatic carbocycles. The van der Waals surface area contributed by atoms with Gasteiger partial charge in [0.25, 0.3) is 0 Å². The van der Waals surface area contributed by atoms with Crippen molar-refractivity contribution in [2.75, 3.05) is 13.1 Å². The number of nitrogens with zero attached hydrogens (tertiary/aromatic N) is 1. The van der Waals surface area contributed by atoms with Crippen LogP contribution in [0.25, 0.3) is 0 Å². The summed E-state index contributed by atoms with van der Waals surface area (Å²) in [5, 5.41) is 2.55. The van der Waals surface area contributed by atoms with Crippen LogP contribution in [0.2, 0.25) is 0 Å². The van der Waals surface area contributed by atoms with Crippen LogP contribution >= 0.6 is 0 Å². The second-order valence-electron chi connectivity index (χ2n) is 4.80. The highest BCUT2D eigenvalue weighted by Gasteiger charge is 2.21. The van der Waals surface area contributed by atoms with E-state index in [2.05, 4.69) is 10.3 Å². The van der Waals surface area contributed by atoms with Crippen molar-refractivity contribution in [1.82, 2.24) is 5.32 Å². The molecule has 0 rings (SSSR count). The molecule has 2 amide bonds. The van der Waals surface area contributed by atoms with Crippen LogP contribution in [0.4, 0.5) is 0 Å². The number of aliphatic imine (C=N–C) groups is 1. The first-order chi connectivity index (χ1) is 9.88. The third-order valence-electron chi connectivity index (χ3n) is 2.91. The van der Waals surface area contributed by atoms with Crippen molar-refractivity contribution >= 4 is 17.8 Å². The summed E-state index contributed by atoms with van der Waals surface area (Å²) < 4.78 is 0. The van der Waals surface area contributed by atoms with Crippen LogP contribution < -0.4 is 34.0 Å². The lowest BCUT2D eigenvalue weighted by molar-refractivity contribution is -0.128. The van der Waals surface area contributed by atoms with E-state index in [0.29, 0.717) is 32.4 Å². The molecule has 0 saturated carbocycles. The molecule has 0 spiro atoms. The van der Waals surface area contributed by atoms with Crippen molar-refractivity contribution in [3.05, 3.63) is 0 Å². The van der Waals surface area contributed by atoms with Crippen molar-refractivity contribution in [3.63, 3.8) is 0 Å². The van der Waals surface area contributed by atoms with Crippen LogP contribution in [0.1, 0.15) is 32.1 Å². The first-order valence-corrected chi connectivity index (χ1v) is 6.99. The Bertz CT molecular complexity index is 356. The van der Waals surface area contributed by atoms with E-state index in [-0.39, 0.29) is 5.96 Å². The largest absolute Gasteiger partial charge is 0.370 e. The number of unbranched alkanes of at least 4 members (excludes halogenated alkanes) is 1. The molecule has 0 aromatic rings. The normalized spacial score (nSPS) is 13.2. The quantitative estimate of drug-likeness (QED) is 0.138. The third kappa shape index (κ3) is 9.63. The van der Waals surface area contributed by atoms with E-state index >= 15 is 0 Å². The van der Waals surface area contributed by atoms with E-state index in [9.17, 15) is 9.59 Å². The zero-order valence-electron chi connectivity index (χ0n) is 12.3. The molecular weight excluding hydrogens is 274 g/mol. The van der Waals surface area contributed by atoms with Crippen molar-refractivity contribution in [2.45, 2.75) is 44.2 Å². The lowest BCUT2D eigenvalue weighted by Crippen LogP contribution is -2.50. The summed E-state index contributed by atoms with van der Waals surface area (Å²) in [4.78, 5) is 27.0. The Morgan fingerprint density at radius 3 is 2.24 bits per heavy atom. The van der Waals surface area contributed by atoms with Crippen molar-refractivity contribution in [1.29, 1.82) is 0 Å². The Kier molecular flexibility index (Phi) is 9.90. The monoisotopic (exact) mass is 301 g/mol. The molecule has 2 atom stereocenters. The van der Waals surface area contributed by atoms with E-state index in [4.69, 9.17) is 28.7 Å². The number of carbonyl (C=O) groups excluding carboxylic acids is 2. The van der Waals surface area contributed by atoms with Gasteiger partial charge < -0.3 is 34.0 Å². The van der Waals surface area contributed by atoms with Gasteiger partial charge in [-0.1, -0.05) is 6.42 Å². The number of guanidine groups is 1. The molecule has 122 valence electrons. The highest BCUT2D eigenvalue weighted by molar-refractivity contribution is 5.88. The maximum absolute atomic E-state index is 11.9. The van der Waals surface area contributed by atoms with E-state index in [0.717, 1.165) is 12.8 Å². The van der Waals surface area contributed by atoms with Gasteiger partial charge in [-0.05, 0) is 32.2 Å². The Labute approximate surface area is 124 Å². The second kappa shape index (κ2) is 10.9. The Morgan fingerprint density at radius 2 is 1.71 bits per heavy atom. The molecule has 0 aliphatic rings. The molecule has 0 heterocycles. The van der Waals surface area contributed by atoms with Gasteiger partial charge in [0.15, 0.2) is 5.96 Å². The van der Waals surface area contributed by atoms with Crippen LogP contribution in [-0.4, -0.2) is 42.9 Å². The average Bonchev–Trinajstić information content (AvgIpc) is 2.41. The molecular formula is C12H27N7O2. The number of nitrogens with one attached hydrogen (secondary N) is 1. The van der Waals surface area contributed by atoms with E-state index in [1.54, 1.807) is 0 Å². The third-order valence-corrected chi connectivity index (χ3v) is 2.91. The van der Waals surface area contributed by atoms with Gasteiger partial charge in [-0.15, -0.1) is 0 Å². The van der Waals surface area contributed by atoms with Crippen LogP contribution in [0.5, 0.6) is 0 Å². The summed E-state index contributed by atoms with van der Waals surface area (Å²) >= 11 is 0. The summed E-state index contributed by atoms with van der Waals surface area (Å²) in [7, 11) is 0. The van der Waals surface area contributed by atoms with Gasteiger partial charge in [-0.25, -0.2) is 0 Å². The van der Waals surface area contributed by atoms with Crippen LogP contribution in [0.3, 0.4) is 0 Å². The predicted octanol–water partition coefficient (Wildman–Crippen LogP) is -2.53. The minimum Gasteiger partial charge on any atom is -0.370 e. The Hall–Kier alpha value is -1.87. The zero-order chi connectivity index (χ0) is 16.3. The first kappa shape index (κ1) is 19.1. The summed E-state index contributed by atoms with van der Waals surface area (Å²) in [6.07, 6.45) is 2.96. The Morgan fingerprint density at radius 1 is 1.05 bits per heavy atom. The predicted molar refractivity (Wildman–Crippen MR) is 81.9 cm³/mol. The fraction of sp³-hybridized carbons (Fsp3) is 0.750. The van der Waals surface area contributed by atoms with Gasteiger partial charge >= 0.3 is 0 Å². The summed E-state index contributed by atoms with van der Waals surface area (Å²) in [6.45, 7) is 0.924. The standard InChI is InChI=1S/C12H27N7O2/c13-6-2-1-4-8(14)11(21)19-9(10(15)20)5-3-7-18-12(16)17/h8-9H,1-7,13-14H2,(H2,15,20)(H,19,21)(H4,16,17,18)/t8-,9-/m0/s1. The summed E-state index contributed by atoms with van der Waals surface area (Å²) in [6, 6.07) is -1.44. The van der Waals surface area contributed by atoms with Gasteiger partial charge in [0.2, 0.25) is 11.8 Å². The van der Waals surface area contributed by atoms with Gasteiger partial charge in [-0.3, -0.25) is 14.6 Å². The van der Waals surface area contributed by atoms with E-state index in [1.807, 2.05) is 0 Å². The fourth-order valence-electron chi connectivity index (χ4n) is 1.71. The summed E-state index contributed by atoms with van der Waals surface area (Å²) in [5.74, 6) is -1.02. The van der Waals surface area contributed by atoms with E-state index < -0.39 is 23.9 Å². The highest BCUT2D eigenvalue weighted by Crippen LogP contribution is 2.01. The van der Waals surface area contributed by atoms with Gasteiger partial charge in [0, 0.05) is 6.54 Å². The maximum Gasteiger partial charge on any atom is 0.240 e. The van der Waals surface area contributed by atoms with E-state index in [1.165, 1.54) is 0 Å². The molecule has 0 fully saturated rings. The molecule has 9 heteroatoms. The topological polar surface area (TPSA) is 189 Å². The highest BCUT2D eigenvalue weighted by atomic mass is 16.2. The molecule has 11 N–H and O–H groups in total. The maximum atomic E-state index is 11.9. The van der Waals surface area contributed by atoms with Crippen molar-refractivity contribution < 1.29 is 9.59 Å². The molecule has 21 heavy (non-hydrogen) atoms. The van der Waals surface area contributed by atoms with Crippen LogP contribution in [0.15, 0.2) is 4.99 Å². The summed E-state index contributed by atoms with van der Waals surface area (Å²) in [5.41, 5.74) is 26.7. The zero-order valence-corrected chi connectivity index (χ0v) is 12.3. The number of nitrogens with two attached hydrogens (primary N) is 5. The lowest BCUT2D eigenvalue weighted by Gasteiger charge is -2.18. The van der Waals surface area contributed by atoms with Crippen LogP contribution in [0, 0.1) is 0 Å². The number of hydrogen-bond donors (Lipinski definition) is 6. The molecule has 0 saturated heterocycles. The minimum atomic E-state index is -0.771. The number of primary amides is 1. The lowest BCUT2D eigenvalue weighted by atomic mass is 10.1. The Balaban J connectivity index is 4.20. The molecule has 0 aliphatic heterocycles. The second-order valence-corrected chi connectivity index (χ2v) is 4.80. The van der Waals surface area contributed by atoms with Gasteiger partial charge in [-0.2, -0.15) is 0 Å². The smallest absolute Gasteiger partial charge is 0.240 e. The minimum absolute atomic E-state index is 0.0170. The van der Waals surface area contributed by atoms with Crippen LogP contribution in [-0.2, 0) is 9.59 Å². The van der Waals surface area contributed by atoms with Crippen molar-refractivity contribution in [3.8, 4) is 0 Å². The first-order valence-electron chi connectivity index (χ1n) is 6.99. The molecule has 9 nitrogen and oxygen atoms in total. The number of carbonyl (C=O) groups is 2. The number of amides is 2. The van der Waals surface area contributed by atoms with Gasteiger partial charge in [0.05, 0.1) is 6.04 Å². The molecule has 0 bridgehead atoms. The molecule has 0 aromatic heterocycles. The fourth-order valence-corrected chi connectivity index (χ4v) is 1.71. The molecule has 0 radical (unpaired) electrons. The van der Waals surface area contributed by atoms with Crippen molar-refractivity contribution in [2.24, 2.45) is 33.7 Å². The number of hydrogen-bond acceptors (Lipinski definition) is 5. The molecule has 0 unspecified atom stereocenters. The molecule has 0 aliphatic carbocycles. The van der Waals surface area contributed by atoms with Gasteiger partial charge in [0.1, 0.15) is 6.04 Å². The average molecular weight is 301 g/mol. The SMILES string of the molecule is NCCCC[C@H](N)C(=O)N[C@@H](CCCN=C(N)N)C(N)=O. The number of rotatable bonds is 11.